The Kier molecular flexibility index (Phi) is 1.59. The van der Waals surface area contributed by atoms with Crippen LogP contribution in [0.25, 0.3) is 5.65 Å². The maximum atomic E-state index is 5.48. The molecule has 0 saturated heterocycles. The molecule has 62 valence electrons. The van der Waals surface area contributed by atoms with Crippen LogP contribution in [0.4, 0.5) is 0 Å². The molecule has 0 aromatic carbocycles. The number of imidazole rings is 1. The Hall–Kier alpha value is -1.35. The molecule has 0 radical (unpaired) electrons. The summed E-state index contributed by atoms with van der Waals surface area (Å²) in [6.07, 6.45) is 3.95. The van der Waals surface area contributed by atoms with E-state index in [1.54, 1.807) is 0 Å². The molecule has 0 aliphatic rings. The number of hydrogen-bond acceptors (Lipinski definition) is 2. The first kappa shape index (κ1) is 7.31. The average molecular weight is 161 g/mol. The Morgan fingerprint density at radius 1 is 1.58 bits per heavy atom. The lowest BCUT2D eigenvalue weighted by Crippen LogP contribution is -1.95. The minimum Gasteiger partial charge on any atom is -0.325 e. The Labute approximate surface area is 70.8 Å². The van der Waals surface area contributed by atoms with E-state index in [4.69, 9.17) is 5.73 Å². The van der Waals surface area contributed by atoms with Crippen LogP contribution >= 0.6 is 0 Å². The smallest absolute Gasteiger partial charge is 0.137 e. The fourth-order valence-electron chi connectivity index (χ4n) is 1.23. The van der Waals surface area contributed by atoms with Gasteiger partial charge in [-0.05, 0) is 24.6 Å². The number of nitrogens with two attached hydrogens (primary N) is 1. The summed E-state index contributed by atoms with van der Waals surface area (Å²) in [6, 6.07) is 4.09. The van der Waals surface area contributed by atoms with Crippen molar-refractivity contribution in [1.82, 2.24) is 9.38 Å². The first-order valence-electron chi connectivity index (χ1n) is 3.94. The highest BCUT2D eigenvalue weighted by molar-refractivity contribution is 5.42. The van der Waals surface area contributed by atoms with E-state index in [1.807, 2.05) is 22.9 Å². The number of aryl methyl sites for hydroxylation is 1. The molecular weight excluding hydrogens is 150 g/mol. The standard InChI is InChI=1S/C9H11N3/c1-7-2-3-12-6-8(5-10)11-9(12)4-7/h2-4,6H,5,10H2,1H3. The van der Waals surface area contributed by atoms with Crippen molar-refractivity contribution in [2.75, 3.05) is 0 Å². The minimum atomic E-state index is 0.501. The summed E-state index contributed by atoms with van der Waals surface area (Å²) in [5.41, 5.74) is 8.59. The van der Waals surface area contributed by atoms with Crippen LogP contribution in [0.2, 0.25) is 0 Å². The molecule has 3 nitrogen and oxygen atoms in total. The summed E-state index contributed by atoms with van der Waals surface area (Å²) >= 11 is 0. The molecular formula is C9H11N3. The van der Waals surface area contributed by atoms with Gasteiger partial charge in [0.25, 0.3) is 0 Å². The molecule has 2 rings (SSSR count). The number of fused-ring (bicyclic) bond motifs is 1. The number of nitrogens with zero attached hydrogens (tertiary/aromatic N) is 2. The van der Waals surface area contributed by atoms with E-state index in [-0.39, 0.29) is 0 Å². The van der Waals surface area contributed by atoms with Crippen LogP contribution in [0.3, 0.4) is 0 Å². The number of hydrogen-bond donors (Lipinski definition) is 1. The third-order valence-corrected chi connectivity index (χ3v) is 1.87. The minimum absolute atomic E-state index is 0.501. The molecule has 2 aromatic rings. The van der Waals surface area contributed by atoms with Crippen LogP contribution in [-0.2, 0) is 6.54 Å². The van der Waals surface area contributed by atoms with E-state index in [1.165, 1.54) is 5.56 Å². The van der Waals surface area contributed by atoms with E-state index >= 15 is 0 Å². The molecule has 0 aliphatic heterocycles. The van der Waals surface area contributed by atoms with Crippen molar-refractivity contribution in [3.05, 3.63) is 35.8 Å². The van der Waals surface area contributed by atoms with Crippen LogP contribution in [0.5, 0.6) is 0 Å². The van der Waals surface area contributed by atoms with Crippen molar-refractivity contribution < 1.29 is 0 Å². The van der Waals surface area contributed by atoms with Crippen LogP contribution in [0.15, 0.2) is 24.5 Å². The Balaban J connectivity index is 2.67. The molecule has 0 saturated carbocycles. The number of aromatic nitrogens is 2. The highest BCUT2D eigenvalue weighted by Gasteiger charge is 1.98. The Morgan fingerprint density at radius 3 is 3.17 bits per heavy atom. The summed E-state index contributed by atoms with van der Waals surface area (Å²) in [5, 5.41) is 0. The summed E-state index contributed by atoms with van der Waals surface area (Å²) < 4.78 is 1.98. The highest BCUT2D eigenvalue weighted by Crippen LogP contribution is 2.06. The second kappa shape index (κ2) is 2.60. The molecule has 0 spiro atoms. The molecule has 0 amide bonds. The van der Waals surface area contributed by atoms with Gasteiger partial charge in [0.2, 0.25) is 0 Å². The van der Waals surface area contributed by atoms with Gasteiger partial charge >= 0.3 is 0 Å². The van der Waals surface area contributed by atoms with E-state index in [0.29, 0.717) is 6.54 Å². The second-order valence-corrected chi connectivity index (χ2v) is 2.91. The predicted octanol–water partition coefficient (Wildman–Crippen LogP) is 1.10. The molecule has 2 N–H and O–H groups in total. The quantitative estimate of drug-likeness (QED) is 0.680. The SMILES string of the molecule is Cc1ccn2cc(CN)nc2c1. The van der Waals surface area contributed by atoms with E-state index in [9.17, 15) is 0 Å². The maximum absolute atomic E-state index is 5.48. The lowest BCUT2D eigenvalue weighted by Gasteiger charge is -1.92. The maximum Gasteiger partial charge on any atom is 0.137 e. The summed E-state index contributed by atoms with van der Waals surface area (Å²) in [5.74, 6) is 0. The van der Waals surface area contributed by atoms with Gasteiger partial charge < -0.3 is 10.1 Å². The normalized spacial score (nSPS) is 10.8. The average Bonchev–Trinajstić information content (AvgIpc) is 2.46. The van der Waals surface area contributed by atoms with Gasteiger partial charge in [0.15, 0.2) is 0 Å². The molecule has 0 unspecified atom stereocenters. The number of rotatable bonds is 1. The first-order valence-corrected chi connectivity index (χ1v) is 3.94. The zero-order valence-corrected chi connectivity index (χ0v) is 6.99. The summed E-state index contributed by atoms with van der Waals surface area (Å²) in [4.78, 5) is 4.33. The van der Waals surface area contributed by atoms with Crippen molar-refractivity contribution >= 4 is 5.65 Å². The molecule has 0 aliphatic carbocycles. The van der Waals surface area contributed by atoms with Gasteiger partial charge in [0, 0.05) is 18.9 Å². The Bertz CT molecular complexity index is 403. The fraction of sp³-hybridized carbons (Fsp3) is 0.222. The van der Waals surface area contributed by atoms with Gasteiger partial charge in [-0.3, -0.25) is 0 Å². The van der Waals surface area contributed by atoms with Crippen LogP contribution < -0.4 is 5.73 Å². The van der Waals surface area contributed by atoms with Crippen LogP contribution in [0.1, 0.15) is 11.3 Å². The van der Waals surface area contributed by atoms with Gasteiger partial charge in [-0.1, -0.05) is 0 Å². The van der Waals surface area contributed by atoms with Gasteiger partial charge in [0.1, 0.15) is 5.65 Å². The lowest BCUT2D eigenvalue weighted by molar-refractivity contribution is 1.02. The Morgan fingerprint density at radius 2 is 2.42 bits per heavy atom. The third-order valence-electron chi connectivity index (χ3n) is 1.87. The van der Waals surface area contributed by atoms with Crippen molar-refractivity contribution in [3.8, 4) is 0 Å². The largest absolute Gasteiger partial charge is 0.325 e. The van der Waals surface area contributed by atoms with Crippen molar-refractivity contribution in [2.24, 2.45) is 5.73 Å². The van der Waals surface area contributed by atoms with Crippen molar-refractivity contribution in [3.63, 3.8) is 0 Å². The molecule has 3 heteroatoms. The zero-order chi connectivity index (χ0) is 8.55. The predicted molar refractivity (Wildman–Crippen MR) is 47.8 cm³/mol. The lowest BCUT2D eigenvalue weighted by atomic mass is 10.3. The first-order chi connectivity index (χ1) is 5.79. The van der Waals surface area contributed by atoms with Crippen molar-refractivity contribution in [2.45, 2.75) is 13.5 Å². The molecule has 2 heterocycles. The molecule has 0 fully saturated rings. The fourth-order valence-corrected chi connectivity index (χ4v) is 1.23. The van der Waals surface area contributed by atoms with Gasteiger partial charge in [-0.15, -0.1) is 0 Å². The van der Waals surface area contributed by atoms with Gasteiger partial charge in [-0.2, -0.15) is 0 Å². The van der Waals surface area contributed by atoms with Gasteiger partial charge in [-0.25, -0.2) is 4.98 Å². The third kappa shape index (κ3) is 1.08. The van der Waals surface area contributed by atoms with Crippen molar-refractivity contribution in [1.29, 1.82) is 0 Å². The van der Waals surface area contributed by atoms with Gasteiger partial charge in [0.05, 0.1) is 5.69 Å². The van der Waals surface area contributed by atoms with E-state index in [2.05, 4.69) is 18.0 Å². The highest BCUT2D eigenvalue weighted by atomic mass is 15.0. The van der Waals surface area contributed by atoms with E-state index in [0.717, 1.165) is 11.3 Å². The number of pyridine rings is 1. The van der Waals surface area contributed by atoms with E-state index < -0.39 is 0 Å². The molecule has 12 heavy (non-hydrogen) atoms. The summed E-state index contributed by atoms with van der Waals surface area (Å²) in [7, 11) is 0. The monoisotopic (exact) mass is 161 g/mol. The topological polar surface area (TPSA) is 43.3 Å². The van der Waals surface area contributed by atoms with Crippen LogP contribution in [-0.4, -0.2) is 9.38 Å². The molecule has 0 atom stereocenters. The summed E-state index contributed by atoms with van der Waals surface area (Å²) in [6.45, 7) is 2.55. The second-order valence-electron chi connectivity index (χ2n) is 2.91. The molecule has 2 aromatic heterocycles. The zero-order valence-electron chi connectivity index (χ0n) is 6.99. The van der Waals surface area contributed by atoms with Crippen LogP contribution in [0, 0.1) is 6.92 Å². The molecule has 0 bridgehead atoms.